The first kappa shape index (κ1) is 32.9. The zero-order chi connectivity index (χ0) is 34.2. The first-order chi connectivity index (χ1) is 24.0. The van der Waals surface area contributed by atoms with E-state index in [-0.39, 0.29) is 5.92 Å². The predicted octanol–water partition coefficient (Wildman–Crippen LogP) is 9.65. The van der Waals surface area contributed by atoms with Crippen LogP contribution < -0.4 is 25.8 Å². The van der Waals surface area contributed by atoms with Crippen LogP contribution in [0.15, 0.2) is 162 Å². The molecule has 2 aliphatic rings. The highest BCUT2D eigenvalue weighted by atomic mass is 16.6. The maximum absolute atomic E-state index is 6.58. The van der Waals surface area contributed by atoms with Gasteiger partial charge in [-0.1, -0.05) is 92.0 Å². The van der Waals surface area contributed by atoms with Crippen LogP contribution in [0, 0.1) is 5.92 Å². The van der Waals surface area contributed by atoms with Gasteiger partial charge in [-0.15, -0.1) is 6.58 Å². The van der Waals surface area contributed by atoms with Crippen molar-refractivity contribution in [2.24, 2.45) is 16.6 Å². The van der Waals surface area contributed by atoms with E-state index in [2.05, 4.69) is 90.7 Å². The lowest BCUT2D eigenvalue weighted by Crippen LogP contribution is -2.30. The normalized spacial score (nSPS) is 19.1. The molecule has 0 spiro atoms. The maximum Gasteiger partial charge on any atom is 0.194 e. The molecule has 2 N–H and O–H groups in total. The van der Waals surface area contributed by atoms with Crippen molar-refractivity contribution in [1.82, 2.24) is 4.57 Å². The third kappa shape index (κ3) is 7.26. The van der Waals surface area contributed by atoms with E-state index in [0.29, 0.717) is 28.8 Å². The highest BCUT2D eigenvalue weighted by Gasteiger charge is 2.25. The molecule has 5 heteroatoms. The molecule has 3 aromatic carbocycles. The summed E-state index contributed by atoms with van der Waals surface area (Å²) in [6, 6.07) is 20.1. The second kappa shape index (κ2) is 15.2. The third-order valence-corrected chi connectivity index (χ3v) is 8.30. The number of aromatic nitrogens is 1. The molecule has 1 aliphatic carbocycles. The van der Waals surface area contributed by atoms with Crippen LogP contribution in [0.25, 0.3) is 28.7 Å². The van der Waals surface area contributed by atoms with Gasteiger partial charge in [0.15, 0.2) is 23.0 Å². The number of hydrogen-bond donors (Lipinski definition) is 1. The van der Waals surface area contributed by atoms with E-state index < -0.39 is 0 Å². The molecule has 0 radical (unpaired) electrons. The second-order valence-electron chi connectivity index (χ2n) is 11.8. The Morgan fingerprint density at radius 2 is 1.67 bits per heavy atom. The SMILES string of the molecule is C=CCC(/C=C\C)=C/C=C/C=C\C=C/N=C(N)c1ccc(-n2c3/c(c4ccc5c(c42)Oc2ccccc2O5)=C\C(=CC)/C=C\C(C)\C=3)cc1. The number of allylic oxidation sites excluding steroid dienone is 14. The fourth-order valence-electron chi connectivity index (χ4n) is 5.92. The van der Waals surface area contributed by atoms with Crippen LogP contribution in [0.4, 0.5) is 0 Å². The summed E-state index contributed by atoms with van der Waals surface area (Å²) < 4.78 is 15.2. The zero-order valence-corrected chi connectivity index (χ0v) is 28.2. The average molecular weight is 644 g/mol. The fourth-order valence-corrected chi connectivity index (χ4v) is 5.92. The summed E-state index contributed by atoms with van der Waals surface area (Å²) in [6.45, 7) is 10.1. The number of ether oxygens (including phenoxy) is 2. The summed E-state index contributed by atoms with van der Waals surface area (Å²) in [5, 5.41) is 3.31. The Morgan fingerprint density at radius 3 is 2.43 bits per heavy atom. The van der Waals surface area contributed by atoms with Crippen LogP contribution >= 0.6 is 0 Å². The van der Waals surface area contributed by atoms with E-state index in [1.54, 1.807) is 6.20 Å². The van der Waals surface area contributed by atoms with Crippen molar-refractivity contribution in [1.29, 1.82) is 0 Å². The van der Waals surface area contributed by atoms with Crippen LogP contribution in [0.2, 0.25) is 0 Å². The summed E-state index contributed by atoms with van der Waals surface area (Å²) in [4.78, 5) is 4.47. The van der Waals surface area contributed by atoms with Gasteiger partial charge in [-0.3, -0.25) is 0 Å². The fraction of sp³-hybridized carbons (Fsp3) is 0.114. The van der Waals surface area contributed by atoms with Crippen LogP contribution in [-0.4, -0.2) is 10.4 Å². The van der Waals surface area contributed by atoms with Gasteiger partial charge in [-0.05, 0) is 98.0 Å². The molecule has 6 rings (SSSR count). The number of hydrogen-bond acceptors (Lipinski definition) is 3. The highest BCUT2D eigenvalue weighted by molar-refractivity contribution is 5.98. The van der Waals surface area contributed by atoms with Gasteiger partial charge in [0.1, 0.15) is 11.4 Å². The lowest BCUT2D eigenvalue weighted by molar-refractivity contribution is 0.362. The van der Waals surface area contributed by atoms with E-state index in [1.807, 2.05) is 91.9 Å². The molecule has 5 nitrogen and oxygen atoms in total. The molecule has 1 aliphatic heterocycles. The molecule has 4 aromatic rings. The molecule has 2 heterocycles. The van der Waals surface area contributed by atoms with E-state index in [9.17, 15) is 0 Å². The minimum absolute atomic E-state index is 0.210. The van der Waals surface area contributed by atoms with E-state index in [1.165, 1.54) is 5.57 Å². The van der Waals surface area contributed by atoms with E-state index in [0.717, 1.165) is 44.7 Å². The number of nitrogens with two attached hydrogens (primary N) is 1. The summed E-state index contributed by atoms with van der Waals surface area (Å²) in [6.07, 6.45) is 31.4. The van der Waals surface area contributed by atoms with Crippen LogP contribution in [-0.2, 0) is 0 Å². The Hall–Kier alpha value is -6.07. The number of nitrogens with zero attached hydrogens (tertiary/aromatic N) is 2. The van der Waals surface area contributed by atoms with Gasteiger partial charge in [0.2, 0.25) is 0 Å². The van der Waals surface area contributed by atoms with Crippen molar-refractivity contribution in [2.45, 2.75) is 27.2 Å². The maximum atomic E-state index is 6.58. The molecule has 0 fully saturated rings. The van der Waals surface area contributed by atoms with Gasteiger partial charge >= 0.3 is 0 Å². The molecule has 49 heavy (non-hydrogen) atoms. The number of benzene rings is 3. The molecule has 1 aromatic heterocycles. The Balaban J connectivity index is 1.35. The summed E-state index contributed by atoms with van der Waals surface area (Å²) >= 11 is 0. The van der Waals surface area contributed by atoms with Crippen LogP contribution in [0.1, 0.15) is 32.8 Å². The molecule has 0 bridgehead atoms. The monoisotopic (exact) mass is 643 g/mol. The van der Waals surface area contributed by atoms with Gasteiger partial charge in [0.05, 0.1) is 5.35 Å². The lowest BCUT2D eigenvalue weighted by atomic mass is 10.0. The minimum Gasteiger partial charge on any atom is -0.449 e. The van der Waals surface area contributed by atoms with E-state index >= 15 is 0 Å². The number of rotatable bonds is 9. The first-order valence-corrected chi connectivity index (χ1v) is 16.6. The van der Waals surface area contributed by atoms with Gasteiger partial charge in [0, 0.05) is 28.1 Å². The minimum atomic E-state index is 0.210. The molecule has 244 valence electrons. The van der Waals surface area contributed by atoms with Crippen molar-refractivity contribution >= 4 is 28.9 Å². The second-order valence-corrected chi connectivity index (χ2v) is 11.8. The number of aliphatic imine (C=N–C) groups is 1. The van der Waals surface area contributed by atoms with E-state index in [4.69, 9.17) is 15.2 Å². The standard InChI is InChI=1S/C44H41N3O2/c1-5-15-33(16-6-2)17-11-9-8-10-14-28-46-44(45)34-22-24-35(25-23-34)47-38-29-31(4)20-21-32(7-3)30-37(38)36-26-27-41-43(42(36)47)49-40-19-13-12-18-39(40)48-41/h5-14,16-31H,1,15H2,2-4H3,(H2,45,46)/b10-8-,11-9+,16-6-,21-20-,28-14-,32-7?,33-17-,37-30-,38-29+. The number of para-hydroxylation sites is 2. The van der Waals surface area contributed by atoms with Crippen molar-refractivity contribution < 1.29 is 9.47 Å². The first-order valence-electron chi connectivity index (χ1n) is 16.6. The van der Waals surface area contributed by atoms with Crippen molar-refractivity contribution in [3.05, 3.63) is 174 Å². The van der Waals surface area contributed by atoms with Gasteiger partial charge in [-0.25, -0.2) is 4.99 Å². The Bertz CT molecular complexity index is 2250. The smallest absolute Gasteiger partial charge is 0.194 e. The highest BCUT2D eigenvalue weighted by Crippen LogP contribution is 2.48. The number of fused-ring (bicyclic) bond motifs is 6. The lowest BCUT2D eigenvalue weighted by Gasteiger charge is -2.22. The van der Waals surface area contributed by atoms with Gasteiger partial charge in [0.25, 0.3) is 0 Å². The summed E-state index contributed by atoms with van der Waals surface area (Å²) in [5.74, 6) is 3.41. The topological polar surface area (TPSA) is 61.8 Å². The van der Waals surface area contributed by atoms with Gasteiger partial charge in [-0.2, -0.15) is 0 Å². The third-order valence-electron chi connectivity index (χ3n) is 8.30. The summed E-state index contributed by atoms with van der Waals surface area (Å²) in [7, 11) is 0. The van der Waals surface area contributed by atoms with Gasteiger partial charge < -0.3 is 19.8 Å². The Morgan fingerprint density at radius 1 is 0.918 bits per heavy atom. The van der Waals surface area contributed by atoms with Crippen molar-refractivity contribution in [3.8, 4) is 28.7 Å². The molecular weight excluding hydrogens is 603 g/mol. The van der Waals surface area contributed by atoms with Crippen molar-refractivity contribution in [3.63, 3.8) is 0 Å². The molecule has 0 amide bonds. The molecular formula is C44H41N3O2. The average Bonchev–Trinajstić information content (AvgIpc) is 3.41. The zero-order valence-electron chi connectivity index (χ0n) is 28.2. The quantitative estimate of drug-likeness (QED) is 0.0753. The van der Waals surface area contributed by atoms with Crippen LogP contribution in [0.5, 0.6) is 23.0 Å². The number of amidine groups is 1. The molecule has 1 atom stereocenters. The molecule has 0 saturated carbocycles. The van der Waals surface area contributed by atoms with Crippen molar-refractivity contribution in [2.75, 3.05) is 0 Å². The molecule has 0 saturated heterocycles. The summed E-state index contributed by atoms with van der Waals surface area (Å²) in [5.41, 5.74) is 11.5. The predicted molar refractivity (Wildman–Crippen MR) is 206 cm³/mol. The Kier molecular flexibility index (Phi) is 10.2. The molecule has 1 unspecified atom stereocenters. The largest absolute Gasteiger partial charge is 0.449 e. The Labute approximate surface area is 288 Å². The van der Waals surface area contributed by atoms with Crippen LogP contribution in [0.3, 0.4) is 0 Å².